The molecule has 0 fully saturated rings. The summed E-state index contributed by atoms with van der Waals surface area (Å²) in [6.45, 7) is 3.04. The highest BCUT2D eigenvalue weighted by atomic mass is 79.9. The first kappa shape index (κ1) is 12.1. The van der Waals surface area contributed by atoms with Crippen molar-refractivity contribution in [1.82, 2.24) is 4.98 Å². The second-order valence-electron chi connectivity index (χ2n) is 4.06. The summed E-state index contributed by atoms with van der Waals surface area (Å²) in [6, 6.07) is 10.6. The average molecular weight is 291 g/mol. The van der Waals surface area contributed by atoms with E-state index in [0.29, 0.717) is 0 Å². The number of rotatable bonds is 4. The highest BCUT2D eigenvalue weighted by Crippen LogP contribution is 2.13. The van der Waals surface area contributed by atoms with Crippen molar-refractivity contribution in [2.24, 2.45) is 0 Å². The summed E-state index contributed by atoms with van der Waals surface area (Å²) in [6.07, 6.45) is 4.64. The molecule has 2 aromatic rings. The molecule has 2 nitrogen and oxygen atoms in total. The summed E-state index contributed by atoms with van der Waals surface area (Å²) < 4.78 is 0.998. The van der Waals surface area contributed by atoms with Gasteiger partial charge in [0.1, 0.15) is 0 Å². The summed E-state index contributed by atoms with van der Waals surface area (Å²) >= 11 is 3.41. The van der Waals surface area contributed by atoms with Crippen LogP contribution >= 0.6 is 15.9 Å². The molecule has 1 N–H and O–H groups in total. The van der Waals surface area contributed by atoms with Crippen molar-refractivity contribution in [2.45, 2.75) is 13.3 Å². The van der Waals surface area contributed by atoms with Gasteiger partial charge in [-0.3, -0.25) is 4.98 Å². The van der Waals surface area contributed by atoms with Crippen LogP contribution in [0.25, 0.3) is 0 Å². The van der Waals surface area contributed by atoms with Gasteiger partial charge in [0.2, 0.25) is 0 Å². The van der Waals surface area contributed by atoms with Crippen LogP contribution in [0.4, 0.5) is 5.69 Å². The van der Waals surface area contributed by atoms with Crippen molar-refractivity contribution in [3.8, 4) is 0 Å². The maximum absolute atomic E-state index is 4.11. The van der Waals surface area contributed by atoms with Crippen molar-refractivity contribution < 1.29 is 0 Å². The van der Waals surface area contributed by atoms with Crippen LogP contribution in [0, 0.1) is 6.92 Å². The predicted molar refractivity (Wildman–Crippen MR) is 75.3 cm³/mol. The van der Waals surface area contributed by atoms with Gasteiger partial charge in [0, 0.05) is 17.2 Å². The molecule has 0 radical (unpaired) electrons. The van der Waals surface area contributed by atoms with Crippen molar-refractivity contribution >= 4 is 21.6 Å². The van der Waals surface area contributed by atoms with Gasteiger partial charge in [-0.25, -0.2) is 0 Å². The van der Waals surface area contributed by atoms with E-state index in [1.165, 1.54) is 11.1 Å². The average Bonchev–Trinajstić information content (AvgIpc) is 2.29. The molecule has 1 aromatic carbocycles. The molecule has 0 saturated heterocycles. The predicted octanol–water partition coefficient (Wildman–Crippen LogP) is 3.81. The first-order valence-electron chi connectivity index (χ1n) is 5.64. The number of pyridine rings is 1. The van der Waals surface area contributed by atoms with Crippen LogP contribution in [0.15, 0.2) is 47.2 Å². The van der Waals surface area contributed by atoms with Crippen LogP contribution in [-0.2, 0) is 6.42 Å². The van der Waals surface area contributed by atoms with Crippen LogP contribution in [0.5, 0.6) is 0 Å². The van der Waals surface area contributed by atoms with Gasteiger partial charge in [-0.2, -0.15) is 0 Å². The second-order valence-corrected chi connectivity index (χ2v) is 4.97. The largest absolute Gasteiger partial charge is 0.383 e. The molecule has 1 heterocycles. The van der Waals surface area contributed by atoms with Crippen molar-refractivity contribution in [2.75, 3.05) is 11.9 Å². The maximum Gasteiger partial charge on any atom is 0.0538 e. The number of benzene rings is 1. The molecule has 0 bridgehead atoms. The summed E-state index contributed by atoms with van der Waals surface area (Å²) in [5.41, 5.74) is 3.72. The number of aromatic nitrogens is 1. The highest BCUT2D eigenvalue weighted by Gasteiger charge is 1.96. The van der Waals surface area contributed by atoms with E-state index in [9.17, 15) is 0 Å². The number of hydrogen-bond donors (Lipinski definition) is 1. The third-order valence-electron chi connectivity index (χ3n) is 2.53. The van der Waals surface area contributed by atoms with E-state index >= 15 is 0 Å². The molecule has 17 heavy (non-hydrogen) atoms. The topological polar surface area (TPSA) is 24.9 Å². The van der Waals surface area contributed by atoms with Crippen LogP contribution in [-0.4, -0.2) is 11.5 Å². The minimum Gasteiger partial charge on any atom is -0.383 e. The lowest BCUT2D eigenvalue weighted by Gasteiger charge is -2.06. The second kappa shape index (κ2) is 5.82. The molecule has 0 atom stereocenters. The third-order valence-corrected chi connectivity index (χ3v) is 2.96. The Morgan fingerprint density at radius 2 is 2.12 bits per heavy atom. The van der Waals surface area contributed by atoms with Gasteiger partial charge in [-0.05, 0) is 40.9 Å². The first-order chi connectivity index (χ1) is 8.24. The van der Waals surface area contributed by atoms with E-state index in [0.717, 1.165) is 23.1 Å². The fraction of sp³-hybridized carbons (Fsp3) is 0.214. The maximum atomic E-state index is 4.11. The van der Waals surface area contributed by atoms with E-state index < -0.39 is 0 Å². The molecule has 0 aliphatic rings. The number of halogens is 1. The summed E-state index contributed by atoms with van der Waals surface area (Å²) in [5, 5.41) is 3.36. The van der Waals surface area contributed by atoms with Gasteiger partial charge in [0.15, 0.2) is 0 Å². The molecule has 0 amide bonds. The lowest BCUT2D eigenvalue weighted by molar-refractivity contribution is 1.01. The Morgan fingerprint density at radius 3 is 2.88 bits per heavy atom. The van der Waals surface area contributed by atoms with Gasteiger partial charge < -0.3 is 5.32 Å². The van der Waals surface area contributed by atoms with Crippen molar-refractivity contribution in [3.63, 3.8) is 0 Å². The van der Waals surface area contributed by atoms with Crippen molar-refractivity contribution in [1.29, 1.82) is 0 Å². The standard InChI is InChI=1S/C14H15BrN2/c1-11-3-2-4-12(7-11)5-6-17-14-8-13(15)9-16-10-14/h2-4,7-10,17H,5-6H2,1H3. The normalized spacial score (nSPS) is 10.2. The lowest BCUT2D eigenvalue weighted by Crippen LogP contribution is -2.05. The van der Waals surface area contributed by atoms with Crippen molar-refractivity contribution in [3.05, 3.63) is 58.3 Å². The number of nitrogens with one attached hydrogen (secondary N) is 1. The van der Waals surface area contributed by atoms with E-state index in [1.54, 1.807) is 6.20 Å². The molecule has 88 valence electrons. The Labute approximate surface area is 110 Å². The fourth-order valence-corrected chi connectivity index (χ4v) is 2.09. The van der Waals surface area contributed by atoms with E-state index in [2.05, 4.69) is 57.4 Å². The SMILES string of the molecule is Cc1cccc(CCNc2cncc(Br)c2)c1. The Bertz CT molecular complexity index is 452. The van der Waals surface area contributed by atoms with E-state index in [4.69, 9.17) is 0 Å². The molecule has 0 spiro atoms. The Hall–Kier alpha value is -1.35. The highest BCUT2D eigenvalue weighted by molar-refractivity contribution is 9.10. The number of anilines is 1. The number of nitrogens with zero attached hydrogens (tertiary/aromatic N) is 1. The van der Waals surface area contributed by atoms with Crippen LogP contribution < -0.4 is 5.32 Å². The summed E-state index contributed by atoms with van der Waals surface area (Å²) in [5.74, 6) is 0. The van der Waals surface area contributed by atoms with Crippen LogP contribution in [0.1, 0.15) is 11.1 Å². The van der Waals surface area contributed by atoms with Gasteiger partial charge in [-0.15, -0.1) is 0 Å². The summed E-state index contributed by atoms with van der Waals surface area (Å²) in [4.78, 5) is 4.11. The van der Waals surface area contributed by atoms with E-state index in [1.807, 2.05) is 12.3 Å². The molecule has 1 aromatic heterocycles. The molecule has 3 heteroatoms. The van der Waals surface area contributed by atoms with Crippen LogP contribution in [0.3, 0.4) is 0 Å². The molecular weight excluding hydrogens is 276 g/mol. The van der Waals surface area contributed by atoms with Gasteiger partial charge >= 0.3 is 0 Å². The van der Waals surface area contributed by atoms with E-state index in [-0.39, 0.29) is 0 Å². The lowest BCUT2D eigenvalue weighted by atomic mass is 10.1. The molecule has 0 saturated carbocycles. The molecule has 2 rings (SSSR count). The Morgan fingerprint density at radius 1 is 1.24 bits per heavy atom. The van der Waals surface area contributed by atoms with Crippen LogP contribution in [0.2, 0.25) is 0 Å². The van der Waals surface area contributed by atoms with Gasteiger partial charge in [0.05, 0.1) is 11.9 Å². The summed E-state index contributed by atoms with van der Waals surface area (Å²) in [7, 11) is 0. The van der Waals surface area contributed by atoms with Gasteiger partial charge in [-0.1, -0.05) is 29.8 Å². The fourth-order valence-electron chi connectivity index (χ4n) is 1.73. The Balaban J connectivity index is 1.87. The Kier molecular flexibility index (Phi) is 4.15. The van der Waals surface area contributed by atoms with Gasteiger partial charge in [0.25, 0.3) is 0 Å². The number of aryl methyl sites for hydroxylation is 1. The molecule has 0 aliphatic heterocycles. The zero-order valence-corrected chi connectivity index (χ0v) is 11.4. The third kappa shape index (κ3) is 3.86. The zero-order chi connectivity index (χ0) is 12.1. The quantitative estimate of drug-likeness (QED) is 0.926. The zero-order valence-electron chi connectivity index (χ0n) is 9.78. The number of hydrogen-bond acceptors (Lipinski definition) is 2. The first-order valence-corrected chi connectivity index (χ1v) is 6.43. The molecule has 0 unspecified atom stereocenters. The smallest absolute Gasteiger partial charge is 0.0538 e. The molecular formula is C14H15BrN2. The monoisotopic (exact) mass is 290 g/mol. The molecule has 0 aliphatic carbocycles. The minimum atomic E-state index is 0.918. The minimum absolute atomic E-state index is 0.918.